The summed E-state index contributed by atoms with van der Waals surface area (Å²) in [5.74, 6) is 0. The highest BCUT2D eigenvalue weighted by atomic mass is 35.5. The first-order valence-electron chi connectivity index (χ1n) is 3.29. The van der Waals surface area contributed by atoms with Gasteiger partial charge in [0.1, 0.15) is 0 Å². The molecule has 1 N–H and O–H groups in total. The predicted octanol–water partition coefficient (Wildman–Crippen LogP) is 1.34. The summed E-state index contributed by atoms with van der Waals surface area (Å²) < 4.78 is 0. The largest absolute Gasteiger partial charge is 0.360 e. The maximum Gasteiger partial charge on any atom is 0.189 e. The second kappa shape index (κ2) is 3.36. The average molecular weight is 183 g/mol. The molecule has 3 nitrogen and oxygen atoms in total. The van der Waals surface area contributed by atoms with E-state index >= 15 is 0 Å². The molecule has 0 unspecified atom stereocenters. The molecule has 0 aliphatic rings. The van der Waals surface area contributed by atoms with E-state index in [-0.39, 0.29) is 17.8 Å². The van der Waals surface area contributed by atoms with E-state index in [1.807, 2.05) is 0 Å². The minimum absolute atomic E-state index is 0. The summed E-state index contributed by atoms with van der Waals surface area (Å²) in [4.78, 5) is 17.9. The molecule has 4 heteroatoms. The van der Waals surface area contributed by atoms with Gasteiger partial charge in [-0.1, -0.05) is 0 Å². The fourth-order valence-electron chi connectivity index (χ4n) is 1.02. The second-order valence-electron chi connectivity index (χ2n) is 2.26. The van der Waals surface area contributed by atoms with Crippen LogP contribution in [0.25, 0.3) is 10.9 Å². The summed E-state index contributed by atoms with van der Waals surface area (Å²) in [6, 6.07) is 3.20. The molecular weight excluding hydrogens is 176 g/mol. The first-order chi connectivity index (χ1) is 5.38. The Morgan fingerprint density at radius 1 is 1.33 bits per heavy atom. The van der Waals surface area contributed by atoms with Crippen LogP contribution in [0.2, 0.25) is 0 Å². The van der Waals surface area contributed by atoms with Crippen molar-refractivity contribution in [1.82, 2.24) is 9.97 Å². The number of hydrogen-bond donors (Lipinski definition) is 1. The Bertz CT molecular complexity index is 433. The molecule has 0 spiro atoms. The third-order valence-electron chi connectivity index (χ3n) is 1.56. The first-order valence-corrected chi connectivity index (χ1v) is 3.29. The van der Waals surface area contributed by atoms with E-state index in [9.17, 15) is 4.79 Å². The molecule has 0 aliphatic carbocycles. The first kappa shape index (κ1) is 8.74. The van der Waals surface area contributed by atoms with E-state index in [1.54, 1.807) is 24.7 Å². The van der Waals surface area contributed by atoms with Gasteiger partial charge in [-0.2, -0.15) is 0 Å². The van der Waals surface area contributed by atoms with Crippen molar-refractivity contribution in [3.05, 3.63) is 40.9 Å². The lowest BCUT2D eigenvalue weighted by Crippen LogP contribution is -1.99. The number of hydrogen-bond acceptors (Lipinski definition) is 2. The second-order valence-corrected chi connectivity index (χ2v) is 2.26. The van der Waals surface area contributed by atoms with Gasteiger partial charge in [-0.3, -0.25) is 9.78 Å². The highest BCUT2D eigenvalue weighted by Crippen LogP contribution is 2.00. The lowest BCUT2D eigenvalue weighted by molar-refractivity contribution is 1.30. The maximum absolute atomic E-state index is 11.1. The molecule has 0 saturated heterocycles. The third kappa shape index (κ3) is 1.31. The fraction of sp³-hybridized carbons (Fsp3) is 0. The van der Waals surface area contributed by atoms with E-state index in [2.05, 4.69) is 9.97 Å². The van der Waals surface area contributed by atoms with Crippen molar-refractivity contribution in [2.45, 2.75) is 0 Å². The van der Waals surface area contributed by atoms with E-state index < -0.39 is 0 Å². The van der Waals surface area contributed by atoms with Gasteiger partial charge in [0.25, 0.3) is 0 Å². The van der Waals surface area contributed by atoms with Crippen LogP contribution in [-0.4, -0.2) is 9.97 Å². The van der Waals surface area contributed by atoms with E-state index in [0.29, 0.717) is 5.39 Å². The molecular formula is C8H7ClN2O. The van der Waals surface area contributed by atoms with Crippen LogP contribution in [0.5, 0.6) is 0 Å². The standard InChI is InChI=1S/C8H6N2O.ClH/c11-8-2-4-10-7-5-9-3-1-6(7)8;/h1-5H,(H,10,11);1H. The molecule has 12 heavy (non-hydrogen) atoms. The number of fused-ring (bicyclic) bond motifs is 1. The van der Waals surface area contributed by atoms with Crippen LogP contribution in [-0.2, 0) is 0 Å². The number of rotatable bonds is 0. The SMILES string of the molecule is Cl.O=c1cc[nH]c2cnccc12. The topological polar surface area (TPSA) is 45.8 Å². The van der Waals surface area contributed by atoms with Crippen molar-refractivity contribution < 1.29 is 0 Å². The quantitative estimate of drug-likeness (QED) is 0.669. The number of nitrogens with one attached hydrogen (secondary N) is 1. The van der Waals surface area contributed by atoms with Crippen LogP contribution in [0.1, 0.15) is 0 Å². The van der Waals surface area contributed by atoms with Crippen molar-refractivity contribution in [2.24, 2.45) is 0 Å². The lowest BCUT2D eigenvalue weighted by atomic mass is 10.3. The van der Waals surface area contributed by atoms with E-state index in [4.69, 9.17) is 0 Å². The van der Waals surface area contributed by atoms with Gasteiger partial charge in [0.05, 0.1) is 11.7 Å². The molecule has 0 fully saturated rings. The molecule has 0 aliphatic heterocycles. The van der Waals surface area contributed by atoms with Crippen LogP contribution >= 0.6 is 12.4 Å². The predicted molar refractivity (Wildman–Crippen MR) is 49.6 cm³/mol. The van der Waals surface area contributed by atoms with Gasteiger partial charge in [0, 0.05) is 23.8 Å². The summed E-state index contributed by atoms with van der Waals surface area (Å²) in [5.41, 5.74) is 0.807. The van der Waals surface area contributed by atoms with Crippen LogP contribution < -0.4 is 5.43 Å². The van der Waals surface area contributed by atoms with Gasteiger partial charge < -0.3 is 4.98 Å². The highest BCUT2D eigenvalue weighted by molar-refractivity contribution is 5.85. The van der Waals surface area contributed by atoms with Gasteiger partial charge in [-0.05, 0) is 6.07 Å². The highest BCUT2D eigenvalue weighted by Gasteiger charge is 1.93. The zero-order chi connectivity index (χ0) is 7.68. The zero-order valence-corrected chi connectivity index (χ0v) is 6.97. The number of aromatic amines is 1. The third-order valence-corrected chi connectivity index (χ3v) is 1.56. The summed E-state index contributed by atoms with van der Waals surface area (Å²) in [6.07, 6.45) is 4.86. The molecule has 0 bridgehead atoms. The molecule has 0 atom stereocenters. The Balaban J connectivity index is 0.000000720. The summed E-state index contributed by atoms with van der Waals surface area (Å²) in [5, 5.41) is 0.683. The molecule has 62 valence electrons. The minimum atomic E-state index is 0. The van der Waals surface area contributed by atoms with Gasteiger partial charge >= 0.3 is 0 Å². The number of halogens is 1. The van der Waals surface area contributed by atoms with Crippen LogP contribution in [0.15, 0.2) is 35.5 Å². The molecule has 2 aromatic rings. The molecule has 0 aromatic carbocycles. The van der Waals surface area contributed by atoms with Gasteiger partial charge in [-0.15, -0.1) is 12.4 Å². The van der Waals surface area contributed by atoms with Crippen molar-refractivity contribution >= 4 is 23.3 Å². The maximum atomic E-state index is 11.1. The number of aromatic nitrogens is 2. The Kier molecular flexibility index (Phi) is 2.45. The Labute approximate surface area is 74.9 Å². The van der Waals surface area contributed by atoms with Gasteiger partial charge in [0.2, 0.25) is 0 Å². The minimum Gasteiger partial charge on any atom is -0.360 e. The summed E-state index contributed by atoms with van der Waals surface area (Å²) in [6.45, 7) is 0. The number of nitrogens with zero attached hydrogens (tertiary/aromatic N) is 1. The molecule has 2 rings (SSSR count). The van der Waals surface area contributed by atoms with Crippen molar-refractivity contribution in [2.75, 3.05) is 0 Å². The Morgan fingerprint density at radius 2 is 2.17 bits per heavy atom. The van der Waals surface area contributed by atoms with Gasteiger partial charge in [0.15, 0.2) is 5.43 Å². The number of H-pyrrole nitrogens is 1. The van der Waals surface area contributed by atoms with E-state index in [1.165, 1.54) is 6.07 Å². The molecule has 0 radical (unpaired) electrons. The van der Waals surface area contributed by atoms with Crippen molar-refractivity contribution in [3.63, 3.8) is 0 Å². The number of pyridine rings is 2. The molecule has 2 heterocycles. The fourth-order valence-corrected chi connectivity index (χ4v) is 1.02. The van der Waals surface area contributed by atoms with Crippen LogP contribution in [0, 0.1) is 0 Å². The Hall–Kier alpha value is -1.35. The smallest absolute Gasteiger partial charge is 0.189 e. The Morgan fingerprint density at radius 3 is 2.92 bits per heavy atom. The molecule has 2 aromatic heterocycles. The van der Waals surface area contributed by atoms with Crippen LogP contribution in [0.3, 0.4) is 0 Å². The zero-order valence-electron chi connectivity index (χ0n) is 6.15. The summed E-state index contributed by atoms with van der Waals surface area (Å²) in [7, 11) is 0. The normalized spacial score (nSPS) is 9.33. The van der Waals surface area contributed by atoms with E-state index in [0.717, 1.165) is 5.52 Å². The average Bonchev–Trinajstić information content (AvgIpc) is 2.06. The lowest BCUT2D eigenvalue weighted by Gasteiger charge is -1.92. The molecule has 0 saturated carbocycles. The molecule has 0 amide bonds. The van der Waals surface area contributed by atoms with Crippen LogP contribution in [0.4, 0.5) is 0 Å². The van der Waals surface area contributed by atoms with Crippen molar-refractivity contribution in [3.8, 4) is 0 Å². The van der Waals surface area contributed by atoms with Gasteiger partial charge in [-0.25, -0.2) is 0 Å². The summed E-state index contributed by atoms with van der Waals surface area (Å²) >= 11 is 0. The monoisotopic (exact) mass is 182 g/mol. The van der Waals surface area contributed by atoms with Crippen molar-refractivity contribution in [1.29, 1.82) is 0 Å².